The fourth-order valence-electron chi connectivity index (χ4n) is 4.40. The summed E-state index contributed by atoms with van der Waals surface area (Å²) < 4.78 is 5.83. The van der Waals surface area contributed by atoms with Crippen LogP contribution in [-0.4, -0.2) is 77.6 Å². The molecule has 1 rings (SSSR count). The SMILES string of the molecule is O=C1OC(CCCC(O)O)(CCCC(O)O)CC1(CCCC(O)O)CCCC(O)O. The highest BCUT2D eigenvalue weighted by Gasteiger charge is 2.55. The molecular formula is C20H38O10. The number of aliphatic hydroxyl groups excluding tert-OH is 4. The molecule has 1 saturated heterocycles. The van der Waals surface area contributed by atoms with Gasteiger partial charge in [-0.2, -0.15) is 0 Å². The molecule has 0 spiro atoms. The third-order valence-corrected chi connectivity index (χ3v) is 5.83. The first-order valence-corrected chi connectivity index (χ1v) is 10.7. The van der Waals surface area contributed by atoms with E-state index in [-0.39, 0.29) is 25.7 Å². The summed E-state index contributed by atoms with van der Waals surface area (Å²) in [6, 6.07) is 0. The second-order valence-electron chi connectivity index (χ2n) is 8.52. The molecule has 0 aromatic rings. The number of hydrogen-bond donors (Lipinski definition) is 8. The molecule has 0 aromatic heterocycles. The average molecular weight is 439 g/mol. The van der Waals surface area contributed by atoms with Crippen molar-refractivity contribution in [2.24, 2.45) is 5.41 Å². The lowest BCUT2D eigenvalue weighted by Gasteiger charge is -2.30. The standard InChI is InChI=1S/C20H38O10/c21-14(22)5-1-9-19(10-2-6-15(23)24)13-20(30-18(19)29,11-3-7-16(25)26)12-4-8-17(27)28/h14-17,21-28H,1-13H2. The molecule has 8 N–H and O–H groups in total. The Hall–Kier alpha value is -0.850. The highest BCUT2D eigenvalue weighted by atomic mass is 16.6. The van der Waals surface area contributed by atoms with E-state index in [1.807, 2.05) is 0 Å². The van der Waals surface area contributed by atoms with Crippen molar-refractivity contribution in [3.05, 3.63) is 0 Å². The molecule has 30 heavy (non-hydrogen) atoms. The number of ether oxygens (including phenoxy) is 1. The Balaban J connectivity index is 2.96. The number of rotatable bonds is 16. The van der Waals surface area contributed by atoms with E-state index < -0.39 is 42.1 Å². The minimum absolute atomic E-state index is 0.0953. The van der Waals surface area contributed by atoms with Gasteiger partial charge in [0.1, 0.15) is 5.60 Å². The van der Waals surface area contributed by atoms with Gasteiger partial charge >= 0.3 is 5.97 Å². The minimum atomic E-state index is -1.49. The first kappa shape index (κ1) is 27.2. The summed E-state index contributed by atoms with van der Waals surface area (Å²) in [4.78, 5) is 13.0. The highest BCUT2D eigenvalue weighted by Crippen LogP contribution is 2.51. The van der Waals surface area contributed by atoms with Crippen LogP contribution in [0.4, 0.5) is 0 Å². The maximum Gasteiger partial charge on any atom is 0.312 e. The van der Waals surface area contributed by atoms with E-state index in [4.69, 9.17) is 45.6 Å². The molecule has 0 unspecified atom stereocenters. The molecule has 0 saturated carbocycles. The fraction of sp³-hybridized carbons (Fsp3) is 0.950. The van der Waals surface area contributed by atoms with E-state index >= 15 is 0 Å². The molecule has 1 fully saturated rings. The van der Waals surface area contributed by atoms with Crippen LogP contribution >= 0.6 is 0 Å². The second-order valence-corrected chi connectivity index (χ2v) is 8.52. The molecule has 0 radical (unpaired) electrons. The number of carbonyl (C=O) groups is 1. The lowest BCUT2D eigenvalue weighted by atomic mass is 9.71. The lowest BCUT2D eigenvalue weighted by Crippen LogP contribution is -2.31. The van der Waals surface area contributed by atoms with Crippen LogP contribution < -0.4 is 0 Å². The van der Waals surface area contributed by atoms with Crippen molar-refractivity contribution >= 4 is 5.97 Å². The van der Waals surface area contributed by atoms with Crippen molar-refractivity contribution in [1.82, 2.24) is 0 Å². The average Bonchev–Trinajstić information content (AvgIpc) is 2.86. The van der Waals surface area contributed by atoms with Gasteiger partial charge in [0.05, 0.1) is 5.41 Å². The first-order valence-electron chi connectivity index (χ1n) is 10.7. The number of esters is 1. The van der Waals surface area contributed by atoms with Crippen LogP contribution in [-0.2, 0) is 9.53 Å². The number of aliphatic hydroxyl groups is 8. The number of hydrogen-bond acceptors (Lipinski definition) is 10. The molecule has 10 heteroatoms. The molecular weight excluding hydrogens is 400 g/mol. The summed E-state index contributed by atoms with van der Waals surface area (Å²) in [5.41, 5.74) is -1.81. The Morgan fingerprint density at radius 2 is 0.967 bits per heavy atom. The van der Waals surface area contributed by atoms with Gasteiger partial charge in [-0.1, -0.05) is 0 Å². The quantitative estimate of drug-likeness (QED) is 0.116. The molecule has 1 heterocycles. The lowest BCUT2D eigenvalue weighted by molar-refractivity contribution is -0.156. The summed E-state index contributed by atoms with van der Waals surface area (Å²) in [5, 5.41) is 73.1. The smallest absolute Gasteiger partial charge is 0.312 e. The van der Waals surface area contributed by atoms with Crippen molar-refractivity contribution < 1.29 is 50.4 Å². The Labute approximate surface area is 176 Å². The van der Waals surface area contributed by atoms with Gasteiger partial charge in [-0.05, 0) is 77.0 Å². The predicted molar refractivity (Wildman–Crippen MR) is 104 cm³/mol. The Morgan fingerprint density at radius 1 is 0.633 bits per heavy atom. The summed E-state index contributed by atoms with van der Waals surface area (Å²) in [5.74, 6) is -0.434. The van der Waals surface area contributed by atoms with Gasteiger partial charge in [0.2, 0.25) is 0 Å². The van der Waals surface area contributed by atoms with Crippen molar-refractivity contribution in [3.8, 4) is 0 Å². The largest absolute Gasteiger partial charge is 0.459 e. The van der Waals surface area contributed by atoms with Crippen molar-refractivity contribution in [3.63, 3.8) is 0 Å². The zero-order chi connectivity index (χ0) is 22.8. The van der Waals surface area contributed by atoms with E-state index in [2.05, 4.69) is 0 Å². The summed E-state index contributed by atoms with van der Waals surface area (Å²) >= 11 is 0. The molecule has 0 aromatic carbocycles. The molecule has 0 amide bonds. The number of cyclic esters (lactones) is 1. The van der Waals surface area contributed by atoms with Gasteiger partial charge in [-0.15, -0.1) is 0 Å². The highest BCUT2D eigenvalue weighted by molar-refractivity contribution is 5.79. The molecule has 0 aliphatic carbocycles. The Kier molecular flexibility index (Phi) is 11.7. The van der Waals surface area contributed by atoms with E-state index in [1.165, 1.54) is 0 Å². The molecule has 1 aliphatic heterocycles. The zero-order valence-corrected chi connectivity index (χ0v) is 17.4. The van der Waals surface area contributed by atoms with Crippen LogP contribution in [0.1, 0.15) is 83.5 Å². The summed E-state index contributed by atoms with van der Waals surface area (Å²) in [6.45, 7) is 0. The van der Waals surface area contributed by atoms with Gasteiger partial charge in [-0.25, -0.2) is 0 Å². The minimum Gasteiger partial charge on any atom is -0.459 e. The maximum atomic E-state index is 13.0. The number of carbonyl (C=O) groups excluding carboxylic acids is 1. The normalized spacial score (nSPS) is 18.2. The fourth-order valence-corrected chi connectivity index (χ4v) is 4.40. The van der Waals surface area contributed by atoms with E-state index in [0.29, 0.717) is 57.8 Å². The molecule has 0 bridgehead atoms. The van der Waals surface area contributed by atoms with Gasteiger partial charge in [0.25, 0.3) is 0 Å². The van der Waals surface area contributed by atoms with Crippen molar-refractivity contribution in [1.29, 1.82) is 0 Å². The first-order chi connectivity index (χ1) is 14.0. The van der Waals surface area contributed by atoms with Crippen LogP contribution in [0.2, 0.25) is 0 Å². The third-order valence-electron chi connectivity index (χ3n) is 5.83. The van der Waals surface area contributed by atoms with Gasteiger partial charge in [0.15, 0.2) is 25.2 Å². The predicted octanol–water partition coefficient (Wildman–Crippen LogP) is -0.418. The molecule has 0 atom stereocenters. The van der Waals surface area contributed by atoms with Crippen molar-refractivity contribution in [2.75, 3.05) is 0 Å². The van der Waals surface area contributed by atoms with Crippen molar-refractivity contribution in [2.45, 2.75) is 114 Å². The van der Waals surface area contributed by atoms with Crippen LogP contribution in [0.25, 0.3) is 0 Å². The third kappa shape index (κ3) is 9.52. The molecule has 178 valence electrons. The zero-order valence-electron chi connectivity index (χ0n) is 17.4. The van der Waals surface area contributed by atoms with Crippen LogP contribution in [0, 0.1) is 5.41 Å². The summed E-state index contributed by atoms with van der Waals surface area (Å²) in [7, 11) is 0. The monoisotopic (exact) mass is 438 g/mol. The van der Waals surface area contributed by atoms with Gasteiger partial charge < -0.3 is 45.6 Å². The topological polar surface area (TPSA) is 188 Å². The van der Waals surface area contributed by atoms with E-state index in [9.17, 15) is 4.79 Å². The molecule has 10 nitrogen and oxygen atoms in total. The Bertz CT molecular complexity index is 464. The van der Waals surface area contributed by atoms with Gasteiger partial charge in [0, 0.05) is 6.42 Å². The van der Waals surface area contributed by atoms with E-state index in [1.54, 1.807) is 0 Å². The maximum absolute atomic E-state index is 13.0. The van der Waals surface area contributed by atoms with Crippen LogP contribution in [0.15, 0.2) is 0 Å². The second kappa shape index (κ2) is 12.9. The van der Waals surface area contributed by atoms with E-state index in [0.717, 1.165) is 0 Å². The Morgan fingerprint density at radius 3 is 1.30 bits per heavy atom. The van der Waals surface area contributed by atoms with Crippen LogP contribution in [0.3, 0.4) is 0 Å². The van der Waals surface area contributed by atoms with Gasteiger partial charge in [-0.3, -0.25) is 4.79 Å². The van der Waals surface area contributed by atoms with Crippen LogP contribution in [0.5, 0.6) is 0 Å². The molecule has 1 aliphatic rings. The summed E-state index contributed by atoms with van der Waals surface area (Å²) in [6.07, 6.45) is -2.19.